The first-order chi connectivity index (χ1) is 13.5. The first-order valence-electron chi connectivity index (χ1n) is 9.31. The molecule has 4 aromatic rings. The van der Waals surface area contributed by atoms with E-state index in [4.69, 9.17) is 0 Å². The normalized spacial score (nSPS) is 12.1. The van der Waals surface area contributed by atoms with E-state index in [1.165, 1.54) is 11.1 Å². The minimum Gasteiger partial charge on any atom is -0.345 e. The monoisotopic (exact) mass is 370 g/mol. The first kappa shape index (κ1) is 17.9. The Kier molecular flexibility index (Phi) is 4.65. The summed E-state index contributed by atoms with van der Waals surface area (Å²) in [6.45, 7) is 6.14. The van der Waals surface area contributed by atoms with E-state index in [0.717, 1.165) is 16.8 Å². The molecule has 5 nitrogen and oxygen atoms in total. The second-order valence-electron chi connectivity index (χ2n) is 7.03. The number of benzene rings is 2. The van der Waals surface area contributed by atoms with Gasteiger partial charge in [-0.05, 0) is 49.6 Å². The van der Waals surface area contributed by atoms with Gasteiger partial charge in [-0.1, -0.05) is 42.5 Å². The molecule has 0 aliphatic carbocycles. The highest BCUT2D eigenvalue weighted by Crippen LogP contribution is 2.23. The molecule has 1 atom stereocenters. The summed E-state index contributed by atoms with van der Waals surface area (Å²) in [5.74, 6) is -0.184. The Balaban J connectivity index is 1.68. The molecule has 0 fully saturated rings. The maximum Gasteiger partial charge on any atom is 0.257 e. The van der Waals surface area contributed by atoms with E-state index in [1.807, 2.05) is 43.3 Å². The molecule has 1 N–H and O–H groups in total. The zero-order chi connectivity index (χ0) is 19.7. The minimum absolute atomic E-state index is 0.105. The smallest absolute Gasteiger partial charge is 0.257 e. The van der Waals surface area contributed by atoms with Crippen molar-refractivity contribution in [1.29, 1.82) is 0 Å². The largest absolute Gasteiger partial charge is 0.345 e. The quantitative estimate of drug-likeness (QED) is 0.575. The third-order valence-electron chi connectivity index (χ3n) is 5.10. The van der Waals surface area contributed by atoms with Crippen molar-refractivity contribution >= 4 is 11.6 Å². The van der Waals surface area contributed by atoms with E-state index in [0.29, 0.717) is 11.2 Å². The highest BCUT2D eigenvalue weighted by atomic mass is 16.1. The van der Waals surface area contributed by atoms with Crippen molar-refractivity contribution in [3.05, 3.63) is 89.2 Å². The number of amides is 1. The van der Waals surface area contributed by atoms with Gasteiger partial charge in [0.2, 0.25) is 0 Å². The summed E-state index contributed by atoms with van der Waals surface area (Å²) in [5, 5.41) is 7.48. The third kappa shape index (κ3) is 3.27. The van der Waals surface area contributed by atoms with Crippen molar-refractivity contribution in [2.45, 2.75) is 26.8 Å². The average molecular weight is 370 g/mol. The summed E-state index contributed by atoms with van der Waals surface area (Å²) in [4.78, 5) is 17.3. The van der Waals surface area contributed by atoms with Gasteiger partial charge in [0, 0.05) is 11.8 Å². The van der Waals surface area contributed by atoms with Crippen molar-refractivity contribution < 1.29 is 4.79 Å². The number of aromatic nitrogens is 3. The number of carbonyl (C=O) groups is 1. The van der Waals surface area contributed by atoms with Crippen LogP contribution in [0.3, 0.4) is 0 Å². The number of hydrogen-bond donors (Lipinski definition) is 1. The fourth-order valence-electron chi connectivity index (χ4n) is 3.27. The van der Waals surface area contributed by atoms with Crippen LogP contribution in [0.4, 0.5) is 0 Å². The summed E-state index contributed by atoms with van der Waals surface area (Å²) in [6.07, 6.45) is 3.30. The van der Waals surface area contributed by atoms with Crippen LogP contribution in [-0.4, -0.2) is 20.5 Å². The van der Waals surface area contributed by atoms with E-state index < -0.39 is 0 Å². The third-order valence-corrected chi connectivity index (χ3v) is 5.10. The van der Waals surface area contributed by atoms with Crippen LogP contribution in [0, 0.1) is 13.8 Å². The molecule has 0 unspecified atom stereocenters. The summed E-state index contributed by atoms with van der Waals surface area (Å²) in [6, 6.07) is 18.0. The Morgan fingerprint density at radius 2 is 1.82 bits per heavy atom. The number of nitrogens with one attached hydrogen (secondary N) is 1. The van der Waals surface area contributed by atoms with Gasteiger partial charge in [0.05, 0.1) is 17.9 Å². The molecule has 0 spiro atoms. The summed E-state index contributed by atoms with van der Waals surface area (Å²) in [7, 11) is 0. The first-order valence-corrected chi connectivity index (χ1v) is 9.31. The fourth-order valence-corrected chi connectivity index (χ4v) is 3.27. The zero-order valence-corrected chi connectivity index (χ0v) is 16.2. The molecule has 1 amide bonds. The van der Waals surface area contributed by atoms with Gasteiger partial charge in [0.1, 0.15) is 5.56 Å². The highest BCUT2D eigenvalue weighted by Gasteiger charge is 2.18. The van der Waals surface area contributed by atoms with E-state index in [1.54, 1.807) is 16.9 Å². The Morgan fingerprint density at radius 3 is 2.57 bits per heavy atom. The molecule has 28 heavy (non-hydrogen) atoms. The van der Waals surface area contributed by atoms with Crippen LogP contribution in [0.2, 0.25) is 0 Å². The summed E-state index contributed by atoms with van der Waals surface area (Å²) in [5.41, 5.74) is 6.47. The fraction of sp³-hybridized carbons (Fsp3) is 0.174. The van der Waals surface area contributed by atoms with Gasteiger partial charge in [0.15, 0.2) is 5.65 Å². The molecule has 4 rings (SSSR count). The van der Waals surface area contributed by atoms with Gasteiger partial charge in [-0.2, -0.15) is 5.10 Å². The number of nitrogens with zero attached hydrogens (tertiary/aromatic N) is 3. The van der Waals surface area contributed by atoms with Crippen LogP contribution in [-0.2, 0) is 0 Å². The number of rotatable bonds is 4. The Labute approximate surface area is 164 Å². The molecule has 0 aliphatic heterocycles. The molecule has 2 aromatic heterocycles. The van der Waals surface area contributed by atoms with Crippen molar-refractivity contribution in [3.8, 4) is 11.3 Å². The van der Waals surface area contributed by atoms with Gasteiger partial charge in [0.25, 0.3) is 5.91 Å². The van der Waals surface area contributed by atoms with Gasteiger partial charge in [-0.25, -0.2) is 9.50 Å². The standard InChI is InChI=1S/C23H22N4O/c1-15-9-10-19(13-16(15)2)21-11-12-24-22-20(14-25-27(21)22)23(28)26-17(3)18-7-5-4-6-8-18/h4-14,17H,1-3H3,(H,26,28)/t17-/m1/s1. The SMILES string of the molecule is Cc1ccc(-c2ccnc3c(C(=O)N[C@H](C)c4ccccc4)cnn23)cc1C. The lowest BCUT2D eigenvalue weighted by Crippen LogP contribution is -2.26. The lowest BCUT2D eigenvalue weighted by atomic mass is 10.0. The predicted molar refractivity (Wildman–Crippen MR) is 110 cm³/mol. The van der Waals surface area contributed by atoms with Crippen LogP contribution < -0.4 is 5.32 Å². The Bertz CT molecular complexity index is 1150. The molecule has 2 heterocycles. The van der Waals surface area contributed by atoms with Crippen molar-refractivity contribution in [1.82, 2.24) is 19.9 Å². The maximum absolute atomic E-state index is 12.8. The summed E-state index contributed by atoms with van der Waals surface area (Å²) >= 11 is 0. The van der Waals surface area contributed by atoms with Gasteiger partial charge in [-0.15, -0.1) is 0 Å². The molecular formula is C23H22N4O. The number of hydrogen-bond acceptors (Lipinski definition) is 3. The van der Waals surface area contributed by atoms with Gasteiger partial charge >= 0.3 is 0 Å². The molecule has 0 aliphatic rings. The number of carbonyl (C=O) groups excluding carboxylic acids is 1. The predicted octanol–water partition coefficient (Wildman–Crippen LogP) is 4.50. The Morgan fingerprint density at radius 1 is 1.04 bits per heavy atom. The molecule has 140 valence electrons. The van der Waals surface area contributed by atoms with Crippen LogP contribution in [0.15, 0.2) is 67.0 Å². The molecule has 0 saturated heterocycles. The Hall–Kier alpha value is -3.47. The maximum atomic E-state index is 12.8. The van der Waals surface area contributed by atoms with E-state index in [9.17, 15) is 4.79 Å². The molecule has 0 bridgehead atoms. The van der Waals surface area contributed by atoms with Crippen LogP contribution in [0.25, 0.3) is 16.9 Å². The number of aryl methyl sites for hydroxylation is 2. The number of fused-ring (bicyclic) bond motifs is 1. The van der Waals surface area contributed by atoms with E-state index >= 15 is 0 Å². The van der Waals surface area contributed by atoms with Crippen LogP contribution >= 0.6 is 0 Å². The van der Waals surface area contributed by atoms with E-state index in [2.05, 4.69) is 47.4 Å². The lowest BCUT2D eigenvalue weighted by molar-refractivity contribution is 0.0941. The molecule has 2 aromatic carbocycles. The minimum atomic E-state index is -0.184. The van der Waals surface area contributed by atoms with Gasteiger partial charge < -0.3 is 5.32 Å². The molecular weight excluding hydrogens is 348 g/mol. The lowest BCUT2D eigenvalue weighted by Gasteiger charge is -2.13. The molecule has 5 heteroatoms. The topological polar surface area (TPSA) is 59.3 Å². The highest BCUT2D eigenvalue weighted by molar-refractivity contribution is 6.00. The van der Waals surface area contributed by atoms with Crippen molar-refractivity contribution in [3.63, 3.8) is 0 Å². The summed E-state index contributed by atoms with van der Waals surface area (Å²) < 4.78 is 1.73. The zero-order valence-electron chi connectivity index (χ0n) is 16.2. The van der Waals surface area contributed by atoms with Crippen molar-refractivity contribution in [2.24, 2.45) is 0 Å². The van der Waals surface area contributed by atoms with Crippen molar-refractivity contribution in [2.75, 3.05) is 0 Å². The van der Waals surface area contributed by atoms with Crippen LogP contribution in [0.5, 0.6) is 0 Å². The van der Waals surface area contributed by atoms with Gasteiger partial charge in [-0.3, -0.25) is 4.79 Å². The van der Waals surface area contributed by atoms with E-state index in [-0.39, 0.29) is 11.9 Å². The second-order valence-corrected chi connectivity index (χ2v) is 7.03. The molecule has 0 saturated carbocycles. The average Bonchev–Trinajstić information content (AvgIpc) is 3.15. The van der Waals surface area contributed by atoms with Crippen LogP contribution in [0.1, 0.15) is 40.0 Å². The second kappa shape index (κ2) is 7.27. The molecule has 0 radical (unpaired) electrons.